The molecule has 0 spiro atoms. The minimum Gasteiger partial charge on any atom is -0.306 e. The van der Waals surface area contributed by atoms with Gasteiger partial charge in [0, 0.05) is 29.7 Å². The molecule has 1 unspecified atom stereocenters. The fourth-order valence-corrected chi connectivity index (χ4v) is 2.65. The maximum absolute atomic E-state index is 10.7. The second kappa shape index (κ2) is 6.14. The van der Waals surface area contributed by atoms with Crippen LogP contribution in [0.5, 0.6) is 0 Å². The Bertz CT molecular complexity index is 572. The van der Waals surface area contributed by atoms with E-state index in [1.54, 1.807) is 17.4 Å². The average molecular weight is 297 g/mol. The number of nitrogens with one attached hydrogen (secondary N) is 1. The van der Waals surface area contributed by atoms with Crippen LogP contribution in [0.25, 0.3) is 0 Å². The van der Waals surface area contributed by atoms with Crippen molar-refractivity contribution in [2.45, 2.75) is 19.5 Å². The Hall–Kier alpha value is -1.43. The summed E-state index contributed by atoms with van der Waals surface area (Å²) in [7, 11) is 0. The van der Waals surface area contributed by atoms with Crippen LogP contribution in [0.4, 0.5) is 5.69 Å². The number of hydrogen-bond acceptors (Lipinski definition) is 4. The number of nitro benzene ring substituents is 1. The molecule has 100 valence electrons. The summed E-state index contributed by atoms with van der Waals surface area (Å²) in [4.78, 5) is 10.3. The average Bonchev–Trinajstić information content (AvgIpc) is 2.91. The third kappa shape index (κ3) is 3.53. The normalized spacial score (nSPS) is 12.3. The van der Waals surface area contributed by atoms with E-state index in [0.717, 1.165) is 5.56 Å². The van der Waals surface area contributed by atoms with Crippen LogP contribution in [0, 0.1) is 10.1 Å². The zero-order valence-electron chi connectivity index (χ0n) is 10.3. The number of hydrogen-bond donors (Lipinski definition) is 1. The maximum Gasteiger partial charge on any atom is 0.269 e. The third-order valence-electron chi connectivity index (χ3n) is 2.88. The second-order valence-corrected chi connectivity index (χ2v) is 5.38. The van der Waals surface area contributed by atoms with Gasteiger partial charge in [-0.25, -0.2) is 0 Å². The zero-order valence-corrected chi connectivity index (χ0v) is 11.9. The Balaban J connectivity index is 2.06. The summed E-state index contributed by atoms with van der Waals surface area (Å²) in [5.41, 5.74) is 1.99. The lowest BCUT2D eigenvalue weighted by Crippen LogP contribution is -2.17. The molecule has 0 fully saturated rings. The van der Waals surface area contributed by atoms with E-state index < -0.39 is 4.92 Å². The molecule has 6 heteroatoms. The Kier molecular flexibility index (Phi) is 4.52. The van der Waals surface area contributed by atoms with E-state index in [0.29, 0.717) is 11.6 Å². The number of halogens is 1. The molecule has 0 saturated carbocycles. The van der Waals surface area contributed by atoms with Gasteiger partial charge in [0.25, 0.3) is 5.69 Å². The topological polar surface area (TPSA) is 55.2 Å². The second-order valence-electron chi connectivity index (χ2n) is 4.19. The van der Waals surface area contributed by atoms with Crippen LogP contribution in [0.2, 0.25) is 5.02 Å². The van der Waals surface area contributed by atoms with E-state index in [9.17, 15) is 10.1 Å². The van der Waals surface area contributed by atoms with Gasteiger partial charge in [0.2, 0.25) is 0 Å². The zero-order chi connectivity index (χ0) is 13.8. The number of benzene rings is 1. The maximum atomic E-state index is 10.7. The first kappa shape index (κ1) is 14.0. The van der Waals surface area contributed by atoms with E-state index in [2.05, 4.69) is 16.8 Å². The molecule has 0 aliphatic rings. The highest BCUT2D eigenvalue weighted by Crippen LogP contribution is 2.23. The molecule has 19 heavy (non-hydrogen) atoms. The molecular formula is C13H13ClN2O2S. The van der Waals surface area contributed by atoms with Gasteiger partial charge in [-0.3, -0.25) is 10.1 Å². The predicted octanol–water partition coefficient (Wildman–Crippen LogP) is 4.16. The van der Waals surface area contributed by atoms with Gasteiger partial charge in [-0.15, -0.1) is 0 Å². The van der Waals surface area contributed by atoms with Crippen molar-refractivity contribution in [1.82, 2.24) is 5.32 Å². The van der Waals surface area contributed by atoms with Crippen molar-refractivity contribution < 1.29 is 4.92 Å². The van der Waals surface area contributed by atoms with Crippen molar-refractivity contribution in [3.8, 4) is 0 Å². The first-order valence-corrected chi connectivity index (χ1v) is 7.08. The van der Waals surface area contributed by atoms with E-state index >= 15 is 0 Å². The van der Waals surface area contributed by atoms with Gasteiger partial charge < -0.3 is 5.32 Å². The largest absolute Gasteiger partial charge is 0.306 e. The summed E-state index contributed by atoms with van der Waals surface area (Å²) < 4.78 is 0. The minimum atomic E-state index is -0.415. The van der Waals surface area contributed by atoms with E-state index in [1.165, 1.54) is 17.7 Å². The molecule has 4 nitrogen and oxygen atoms in total. The Labute approximate surface area is 120 Å². The molecule has 1 aromatic heterocycles. The van der Waals surface area contributed by atoms with Crippen molar-refractivity contribution in [2.24, 2.45) is 0 Å². The third-order valence-corrected chi connectivity index (χ3v) is 3.95. The van der Waals surface area contributed by atoms with Crippen molar-refractivity contribution >= 4 is 28.6 Å². The van der Waals surface area contributed by atoms with Gasteiger partial charge in [-0.1, -0.05) is 11.6 Å². The standard InChI is InChI=1S/C13H13ClN2O2S/c1-9(10-4-5-19-8-10)15-7-11-6-12(16(17)18)2-3-13(11)14/h2-6,8-9,15H,7H2,1H3. The minimum absolute atomic E-state index is 0.0596. The van der Waals surface area contributed by atoms with Crippen molar-refractivity contribution in [2.75, 3.05) is 0 Å². The fourth-order valence-electron chi connectivity index (χ4n) is 1.71. The van der Waals surface area contributed by atoms with Crippen molar-refractivity contribution in [1.29, 1.82) is 0 Å². The Morgan fingerprint density at radius 1 is 1.47 bits per heavy atom. The van der Waals surface area contributed by atoms with E-state index in [4.69, 9.17) is 11.6 Å². The Morgan fingerprint density at radius 3 is 2.89 bits per heavy atom. The summed E-state index contributed by atoms with van der Waals surface area (Å²) in [5.74, 6) is 0. The van der Waals surface area contributed by atoms with Crippen LogP contribution in [0.3, 0.4) is 0 Å². The number of nitro groups is 1. The molecule has 1 atom stereocenters. The van der Waals surface area contributed by atoms with Gasteiger partial charge in [-0.05, 0) is 40.9 Å². The van der Waals surface area contributed by atoms with Crippen LogP contribution in [0.1, 0.15) is 24.1 Å². The predicted molar refractivity (Wildman–Crippen MR) is 77.7 cm³/mol. The van der Waals surface area contributed by atoms with Crippen molar-refractivity contribution in [3.05, 3.63) is 61.3 Å². The molecule has 0 saturated heterocycles. The highest BCUT2D eigenvalue weighted by molar-refractivity contribution is 7.07. The molecule has 0 radical (unpaired) electrons. The molecule has 0 aliphatic heterocycles. The van der Waals surface area contributed by atoms with E-state index in [1.807, 2.05) is 12.3 Å². The molecule has 1 heterocycles. The van der Waals surface area contributed by atoms with Crippen LogP contribution in [0.15, 0.2) is 35.0 Å². The lowest BCUT2D eigenvalue weighted by Gasteiger charge is -2.13. The first-order chi connectivity index (χ1) is 9.08. The highest BCUT2D eigenvalue weighted by Gasteiger charge is 2.11. The van der Waals surface area contributed by atoms with E-state index in [-0.39, 0.29) is 11.7 Å². The summed E-state index contributed by atoms with van der Waals surface area (Å²) in [6.45, 7) is 2.55. The van der Waals surface area contributed by atoms with Crippen LogP contribution in [-0.4, -0.2) is 4.92 Å². The van der Waals surface area contributed by atoms with Crippen molar-refractivity contribution in [3.63, 3.8) is 0 Å². The number of nitrogens with zero attached hydrogens (tertiary/aromatic N) is 1. The number of thiophene rings is 1. The van der Waals surface area contributed by atoms with Crippen LogP contribution >= 0.6 is 22.9 Å². The lowest BCUT2D eigenvalue weighted by atomic mass is 10.1. The summed E-state index contributed by atoms with van der Waals surface area (Å²) >= 11 is 7.69. The first-order valence-electron chi connectivity index (χ1n) is 5.76. The van der Waals surface area contributed by atoms with Gasteiger partial charge in [0.1, 0.15) is 0 Å². The van der Waals surface area contributed by atoms with Crippen LogP contribution < -0.4 is 5.32 Å². The monoisotopic (exact) mass is 296 g/mol. The van der Waals surface area contributed by atoms with Crippen LogP contribution in [-0.2, 0) is 6.54 Å². The highest BCUT2D eigenvalue weighted by atomic mass is 35.5. The molecule has 0 amide bonds. The quantitative estimate of drug-likeness (QED) is 0.666. The molecule has 1 N–H and O–H groups in total. The Morgan fingerprint density at radius 2 is 2.26 bits per heavy atom. The van der Waals surface area contributed by atoms with Gasteiger partial charge in [0.05, 0.1) is 4.92 Å². The molecule has 1 aromatic carbocycles. The van der Waals surface area contributed by atoms with Gasteiger partial charge in [0.15, 0.2) is 0 Å². The number of non-ortho nitro benzene ring substituents is 1. The molecule has 2 aromatic rings. The molecule has 2 rings (SSSR count). The van der Waals surface area contributed by atoms with Gasteiger partial charge in [-0.2, -0.15) is 11.3 Å². The molecular weight excluding hydrogens is 284 g/mol. The summed E-state index contributed by atoms with van der Waals surface area (Å²) in [6, 6.07) is 6.72. The summed E-state index contributed by atoms with van der Waals surface area (Å²) in [6.07, 6.45) is 0. The fraction of sp³-hybridized carbons (Fsp3) is 0.231. The lowest BCUT2D eigenvalue weighted by molar-refractivity contribution is -0.384. The van der Waals surface area contributed by atoms with Gasteiger partial charge >= 0.3 is 0 Å². The smallest absolute Gasteiger partial charge is 0.269 e. The molecule has 0 aliphatic carbocycles. The number of rotatable bonds is 5. The molecule has 0 bridgehead atoms. The SMILES string of the molecule is CC(NCc1cc([N+](=O)[O-])ccc1Cl)c1ccsc1. The summed E-state index contributed by atoms with van der Waals surface area (Å²) in [5, 5.41) is 18.7.